The van der Waals surface area contributed by atoms with E-state index in [0.717, 1.165) is 46.5 Å². The third-order valence-corrected chi connectivity index (χ3v) is 5.17. The molecule has 0 spiro atoms. The second-order valence-corrected chi connectivity index (χ2v) is 7.09. The molecule has 1 amide bonds. The Morgan fingerprint density at radius 2 is 1.93 bits per heavy atom. The number of nitrogens with zero attached hydrogens (tertiary/aromatic N) is 2. The first kappa shape index (κ1) is 18.0. The van der Waals surface area contributed by atoms with Gasteiger partial charge in [0.15, 0.2) is 0 Å². The molecule has 2 aromatic carbocycles. The molecule has 142 valence electrons. The Labute approximate surface area is 164 Å². The van der Waals surface area contributed by atoms with Crippen LogP contribution in [0.4, 0.5) is 5.69 Å². The second-order valence-electron chi connectivity index (χ2n) is 7.09. The number of H-pyrrole nitrogens is 1. The Morgan fingerprint density at radius 1 is 1.14 bits per heavy atom. The smallest absolute Gasteiger partial charge is 0.259 e. The summed E-state index contributed by atoms with van der Waals surface area (Å²) in [5.41, 5.74) is 6.73. The SMILES string of the molecule is CCCc1c(C(=O)Nc2ccc3[nH]c(C)c(C)c3c2)cnn1-c1ccccc1. The molecule has 2 N–H and O–H groups in total. The van der Waals surface area contributed by atoms with Gasteiger partial charge in [-0.2, -0.15) is 5.10 Å². The first-order valence-electron chi connectivity index (χ1n) is 9.61. The number of carbonyl (C=O) groups excluding carboxylic acids is 1. The molecule has 0 saturated heterocycles. The number of anilines is 1. The van der Waals surface area contributed by atoms with Gasteiger partial charge in [-0.3, -0.25) is 4.79 Å². The van der Waals surface area contributed by atoms with Gasteiger partial charge in [0, 0.05) is 22.3 Å². The topological polar surface area (TPSA) is 62.7 Å². The van der Waals surface area contributed by atoms with E-state index in [2.05, 4.69) is 36.2 Å². The highest BCUT2D eigenvalue weighted by molar-refractivity contribution is 6.06. The molecule has 0 saturated carbocycles. The minimum absolute atomic E-state index is 0.130. The zero-order chi connectivity index (χ0) is 19.7. The van der Waals surface area contributed by atoms with Crippen LogP contribution in [0.2, 0.25) is 0 Å². The van der Waals surface area contributed by atoms with E-state index >= 15 is 0 Å². The van der Waals surface area contributed by atoms with Crippen LogP contribution >= 0.6 is 0 Å². The molecular formula is C23H24N4O. The van der Waals surface area contributed by atoms with Gasteiger partial charge in [0.1, 0.15) is 0 Å². The number of aryl methyl sites for hydroxylation is 2. The molecule has 2 heterocycles. The first-order valence-corrected chi connectivity index (χ1v) is 9.61. The minimum Gasteiger partial charge on any atom is -0.358 e. The van der Waals surface area contributed by atoms with E-state index < -0.39 is 0 Å². The van der Waals surface area contributed by atoms with Crippen molar-refractivity contribution in [1.29, 1.82) is 0 Å². The fourth-order valence-corrected chi connectivity index (χ4v) is 3.57. The molecule has 0 aliphatic carbocycles. The quantitative estimate of drug-likeness (QED) is 0.507. The molecule has 0 unspecified atom stereocenters. The molecule has 5 heteroatoms. The highest BCUT2D eigenvalue weighted by atomic mass is 16.1. The maximum atomic E-state index is 13.0. The summed E-state index contributed by atoms with van der Waals surface area (Å²) < 4.78 is 1.86. The molecule has 0 bridgehead atoms. The van der Waals surface area contributed by atoms with Crippen molar-refractivity contribution in [2.45, 2.75) is 33.6 Å². The molecule has 2 aromatic heterocycles. The van der Waals surface area contributed by atoms with Gasteiger partial charge in [0.05, 0.1) is 23.1 Å². The van der Waals surface area contributed by atoms with Gasteiger partial charge >= 0.3 is 0 Å². The number of para-hydroxylation sites is 1. The fourth-order valence-electron chi connectivity index (χ4n) is 3.57. The van der Waals surface area contributed by atoms with Crippen molar-refractivity contribution in [3.05, 3.63) is 77.2 Å². The lowest BCUT2D eigenvalue weighted by molar-refractivity contribution is 0.102. The van der Waals surface area contributed by atoms with Gasteiger partial charge in [-0.15, -0.1) is 0 Å². The predicted octanol–water partition coefficient (Wildman–Crippen LogP) is 5.18. The first-order chi connectivity index (χ1) is 13.6. The van der Waals surface area contributed by atoms with Gasteiger partial charge < -0.3 is 10.3 Å². The molecule has 5 nitrogen and oxygen atoms in total. The molecule has 0 atom stereocenters. The van der Waals surface area contributed by atoms with Crippen LogP contribution in [0.1, 0.15) is 40.7 Å². The molecule has 0 radical (unpaired) electrons. The average Bonchev–Trinajstić information content (AvgIpc) is 3.24. The zero-order valence-corrected chi connectivity index (χ0v) is 16.4. The largest absolute Gasteiger partial charge is 0.358 e. The Kier molecular flexibility index (Phi) is 4.74. The number of hydrogen-bond acceptors (Lipinski definition) is 2. The molecule has 0 fully saturated rings. The Balaban J connectivity index is 1.66. The van der Waals surface area contributed by atoms with E-state index in [0.29, 0.717) is 5.56 Å². The van der Waals surface area contributed by atoms with E-state index in [1.165, 1.54) is 5.56 Å². The van der Waals surface area contributed by atoms with Crippen molar-refractivity contribution >= 4 is 22.5 Å². The van der Waals surface area contributed by atoms with Crippen LogP contribution in [0.3, 0.4) is 0 Å². The van der Waals surface area contributed by atoms with Crippen LogP contribution in [0.25, 0.3) is 16.6 Å². The van der Waals surface area contributed by atoms with E-state index in [4.69, 9.17) is 0 Å². The summed E-state index contributed by atoms with van der Waals surface area (Å²) in [5, 5.41) is 8.66. The Morgan fingerprint density at radius 3 is 2.68 bits per heavy atom. The fraction of sp³-hybridized carbons (Fsp3) is 0.217. The van der Waals surface area contributed by atoms with E-state index in [1.54, 1.807) is 6.20 Å². The monoisotopic (exact) mass is 372 g/mol. The van der Waals surface area contributed by atoms with Crippen LogP contribution in [-0.4, -0.2) is 20.7 Å². The van der Waals surface area contributed by atoms with Crippen LogP contribution in [0, 0.1) is 13.8 Å². The summed E-state index contributed by atoms with van der Waals surface area (Å²) >= 11 is 0. The lowest BCUT2D eigenvalue weighted by Gasteiger charge is -2.10. The second kappa shape index (κ2) is 7.35. The van der Waals surface area contributed by atoms with Crippen molar-refractivity contribution < 1.29 is 4.79 Å². The average molecular weight is 372 g/mol. The predicted molar refractivity (Wildman–Crippen MR) is 113 cm³/mol. The van der Waals surface area contributed by atoms with Crippen LogP contribution < -0.4 is 5.32 Å². The summed E-state index contributed by atoms with van der Waals surface area (Å²) in [4.78, 5) is 16.4. The number of benzene rings is 2. The van der Waals surface area contributed by atoms with Crippen molar-refractivity contribution in [3.63, 3.8) is 0 Å². The van der Waals surface area contributed by atoms with Gasteiger partial charge in [0.2, 0.25) is 0 Å². The van der Waals surface area contributed by atoms with E-state index in [9.17, 15) is 4.79 Å². The molecule has 4 aromatic rings. The van der Waals surface area contributed by atoms with Gasteiger partial charge in [-0.1, -0.05) is 31.5 Å². The molecule has 4 rings (SSSR count). The minimum atomic E-state index is -0.130. The normalized spacial score (nSPS) is 11.1. The van der Waals surface area contributed by atoms with Crippen molar-refractivity contribution in [2.24, 2.45) is 0 Å². The highest BCUT2D eigenvalue weighted by Gasteiger charge is 2.18. The molecule has 28 heavy (non-hydrogen) atoms. The Hall–Kier alpha value is -3.34. The number of fused-ring (bicyclic) bond motifs is 1. The van der Waals surface area contributed by atoms with E-state index in [1.807, 2.05) is 53.2 Å². The third kappa shape index (κ3) is 3.20. The number of aromatic amines is 1. The number of nitrogens with one attached hydrogen (secondary N) is 2. The Bertz CT molecular complexity index is 1140. The number of aromatic nitrogens is 3. The summed E-state index contributed by atoms with van der Waals surface area (Å²) in [6.07, 6.45) is 3.39. The summed E-state index contributed by atoms with van der Waals surface area (Å²) in [5.74, 6) is -0.130. The molecule has 0 aliphatic heterocycles. The number of amides is 1. The molecule has 0 aliphatic rings. The van der Waals surface area contributed by atoms with Crippen LogP contribution in [-0.2, 0) is 6.42 Å². The van der Waals surface area contributed by atoms with Crippen molar-refractivity contribution in [2.75, 3.05) is 5.32 Å². The van der Waals surface area contributed by atoms with Crippen LogP contribution in [0.15, 0.2) is 54.7 Å². The maximum Gasteiger partial charge on any atom is 0.259 e. The number of carbonyl (C=O) groups is 1. The van der Waals surface area contributed by atoms with Crippen molar-refractivity contribution in [1.82, 2.24) is 14.8 Å². The lowest BCUT2D eigenvalue weighted by atomic mass is 10.1. The van der Waals surface area contributed by atoms with Gasteiger partial charge in [-0.25, -0.2) is 4.68 Å². The zero-order valence-electron chi connectivity index (χ0n) is 16.4. The summed E-state index contributed by atoms with van der Waals surface area (Å²) in [7, 11) is 0. The molecular weight excluding hydrogens is 348 g/mol. The summed E-state index contributed by atoms with van der Waals surface area (Å²) in [6, 6.07) is 15.9. The van der Waals surface area contributed by atoms with Crippen molar-refractivity contribution in [3.8, 4) is 5.69 Å². The number of rotatable bonds is 5. The standard InChI is InChI=1S/C23H24N4O/c1-4-8-22-20(14-24-27(22)18-9-6-5-7-10-18)23(28)26-17-11-12-21-19(13-17)15(2)16(3)25-21/h5-7,9-14,25H,4,8H2,1-3H3,(H,26,28). The van der Waals surface area contributed by atoms with Gasteiger partial charge in [-0.05, 0) is 56.2 Å². The maximum absolute atomic E-state index is 13.0. The van der Waals surface area contributed by atoms with E-state index in [-0.39, 0.29) is 5.91 Å². The van der Waals surface area contributed by atoms with Crippen LogP contribution in [0.5, 0.6) is 0 Å². The third-order valence-electron chi connectivity index (χ3n) is 5.17. The number of hydrogen-bond donors (Lipinski definition) is 2. The van der Waals surface area contributed by atoms with Gasteiger partial charge in [0.25, 0.3) is 5.91 Å². The highest BCUT2D eigenvalue weighted by Crippen LogP contribution is 2.25. The summed E-state index contributed by atoms with van der Waals surface area (Å²) in [6.45, 7) is 6.25. The lowest BCUT2D eigenvalue weighted by Crippen LogP contribution is -2.14.